The molecule has 0 spiro atoms. The number of nitrogens with zero attached hydrogens (tertiary/aromatic N) is 1. The Hall–Kier alpha value is -3.25. The lowest BCUT2D eigenvalue weighted by Gasteiger charge is -2.18. The van der Waals surface area contributed by atoms with E-state index in [1.54, 1.807) is 38.3 Å². The molecule has 0 atom stereocenters. The maximum Gasteiger partial charge on any atom is 0.306 e. The topological polar surface area (TPSA) is 83.6 Å². The van der Waals surface area contributed by atoms with E-state index < -0.39 is 5.91 Å². The number of amides is 1. The number of carbonyl (C=O) groups excluding carboxylic acids is 2. The molecule has 2 N–H and O–H groups in total. The molecule has 31 heavy (non-hydrogen) atoms. The molecule has 0 saturated carbocycles. The first-order valence-electron chi connectivity index (χ1n) is 9.96. The van der Waals surface area contributed by atoms with Gasteiger partial charge in [0, 0.05) is 27.5 Å². The molecule has 7 heteroatoms. The quantitative estimate of drug-likeness (QED) is 0.514. The number of primary amides is 1. The summed E-state index contributed by atoms with van der Waals surface area (Å²) in [5.41, 5.74) is 10.3. The molecule has 0 bridgehead atoms. The first-order chi connectivity index (χ1) is 14.8. The van der Waals surface area contributed by atoms with Crippen LogP contribution in [0.1, 0.15) is 35.0 Å². The van der Waals surface area contributed by atoms with Gasteiger partial charge in [-0.25, -0.2) is 0 Å². The van der Waals surface area contributed by atoms with Crippen LogP contribution in [0.15, 0.2) is 48.5 Å². The summed E-state index contributed by atoms with van der Waals surface area (Å²) < 4.78 is 12.7. The first kappa shape index (κ1) is 22.4. The highest BCUT2D eigenvalue weighted by Crippen LogP contribution is 2.36. The normalized spacial score (nSPS) is 10.7. The number of benzene rings is 2. The number of hydrogen-bond acceptors (Lipinski definition) is 4. The van der Waals surface area contributed by atoms with Crippen LogP contribution >= 0.6 is 11.6 Å². The summed E-state index contributed by atoms with van der Waals surface area (Å²) in [6.07, 6.45) is 0.749. The van der Waals surface area contributed by atoms with Crippen molar-refractivity contribution in [3.63, 3.8) is 0 Å². The molecule has 6 nitrogen and oxygen atoms in total. The second-order valence-corrected chi connectivity index (χ2v) is 7.50. The number of aromatic nitrogens is 1. The van der Waals surface area contributed by atoms with Crippen LogP contribution in [0.4, 0.5) is 0 Å². The maximum atomic E-state index is 11.9. The van der Waals surface area contributed by atoms with Crippen LogP contribution in [0.3, 0.4) is 0 Å². The van der Waals surface area contributed by atoms with Gasteiger partial charge in [-0.3, -0.25) is 9.59 Å². The monoisotopic (exact) mass is 440 g/mol. The average molecular weight is 441 g/mol. The molecule has 1 amide bonds. The van der Waals surface area contributed by atoms with E-state index in [0.717, 1.165) is 28.2 Å². The Morgan fingerprint density at radius 2 is 1.87 bits per heavy atom. The van der Waals surface area contributed by atoms with Gasteiger partial charge in [-0.15, -0.1) is 0 Å². The summed E-state index contributed by atoms with van der Waals surface area (Å²) >= 11 is 6.15. The smallest absolute Gasteiger partial charge is 0.306 e. The van der Waals surface area contributed by atoms with Gasteiger partial charge < -0.3 is 19.8 Å². The summed E-state index contributed by atoms with van der Waals surface area (Å²) in [5.74, 6) is -0.0961. The molecule has 0 unspecified atom stereocenters. The Bertz CT molecular complexity index is 1120. The molecule has 162 valence electrons. The Morgan fingerprint density at radius 3 is 2.52 bits per heavy atom. The lowest BCUT2D eigenvalue weighted by atomic mass is 10.1. The van der Waals surface area contributed by atoms with Crippen molar-refractivity contribution in [1.82, 2.24) is 4.57 Å². The van der Waals surface area contributed by atoms with E-state index in [4.69, 9.17) is 26.8 Å². The number of methoxy groups -OCH3 is 1. The highest BCUT2D eigenvalue weighted by atomic mass is 35.5. The molecule has 0 aliphatic rings. The molecule has 2 aromatic carbocycles. The third-order valence-electron chi connectivity index (χ3n) is 5.01. The molecule has 3 rings (SSSR count). The van der Waals surface area contributed by atoms with Gasteiger partial charge in [0.15, 0.2) is 0 Å². The number of esters is 1. The van der Waals surface area contributed by atoms with Crippen molar-refractivity contribution in [2.75, 3.05) is 13.7 Å². The van der Waals surface area contributed by atoms with Crippen molar-refractivity contribution in [2.45, 2.75) is 26.7 Å². The largest absolute Gasteiger partial charge is 0.496 e. The zero-order valence-corrected chi connectivity index (χ0v) is 18.5. The minimum atomic E-state index is -0.482. The van der Waals surface area contributed by atoms with Gasteiger partial charge in [0.1, 0.15) is 5.75 Å². The van der Waals surface area contributed by atoms with Gasteiger partial charge in [0.2, 0.25) is 5.91 Å². The van der Waals surface area contributed by atoms with Gasteiger partial charge in [-0.2, -0.15) is 0 Å². The van der Waals surface area contributed by atoms with Gasteiger partial charge >= 0.3 is 5.97 Å². The third kappa shape index (κ3) is 4.91. The van der Waals surface area contributed by atoms with Crippen LogP contribution in [0.25, 0.3) is 16.9 Å². The summed E-state index contributed by atoms with van der Waals surface area (Å²) in [5, 5.41) is 0.572. The van der Waals surface area contributed by atoms with Crippen molar-refractivity contribution in [3.8, 4) is 22.7 Å². The van der Waals surface area contributed by atoms with Gasteiger partial charge in [-0.1, -0.05) is 11.6 Å². The fourth-order valence-corrected chi connectivity index (χ4v) is 3.73. The SMILES string of the molecule is CCOC(=O)CCc1ccc(-c2ccc(Cl)cc2OC)n1-c1ccc(C(N)=O)cc1C. The second-order valence-electron chi connectivity index (χ2n) is 7.06. The highest BCUT2D eigenvalue weighted by molar-refractivity contribution is 6.30. The van der Waals surface area contributed by atoms with Crippen molar-refractivity contribution < 1.29 is 19.1 Å². The summed E-state index contributed by atoms with van der Waals surface area (Å²) in [6, 6.07) is 14.7. The molecular weight excluding hydrogens is 416 g/mol. The zero-order chi connectivity index (χ0) is 22.5. The maximum absolute atomic E-state index is 11.9. The molecule has 1 heterocycles. The van der Waals surface area contributed by atoms with E-state index in [-0.39, 0.29) is 12.4 Å². The molecule has 0 aliphatic heterocycles. The van der Waals surface area contributed by atoms with E-state index in [1.165, 1.54) is 0 Å². The minimum Gasteiger partial charge on any atom is -0.496 e. The molecule has 0 radical (unpaired) electrons. The highest BCUT2D eigenvalue weighted by Gasteiger charge is 2.18. The molecule has 0 saturated heterocycles. The van der Waals surface area contributed by atoms with Crippen LogP contribution in [0.2, 0.25) is 5.02 Å². The Morgan fingerprint density at radius 1 is 1.10 bits per heavy atom. The predicted molar refractivity (Wildman–Crippen MR) is 121 cm³/mol. The van der Waals surface area contributed by atoms with E-state index in [9.17, 15) is 9.59 Å². The number of aryl methyl sites for hydroxylation is 2. The zero-order valence-electron chi connectivity index (χ0n) is 17.8. The Kier molecular flexibility index (Phi) is 7.02. The summed E-state index contributed by atoms with van der Waals surface area (Å²) in [6.45, 7) is 4.05. The molecule has 1 aromatic heterocycles. The number of halogens is 1. The van der Waals surface area contributed by atoms with Crippen LogP contribution in [0, 0.1) is 6.92 Å². The lowest BCUT2D eigenvalue weighted by Crippen LogP contribution is -2.13. The van der Waals surface area contributed by atoms with Crippen molar-refractivity contribution in [1.29, 1.82) is 0 Å². The standard InChI is InChI=1S/C24H25ClN2O4/c1-4-31-23(28)12-8-18-7-11-21(19-9-6-17(25)14-22(19)30-3)27(18)20-10-5-16(24(26)29)13-15(20)2/h5-7,9-11,13-14H,4,8,12H2,1-3H3,(H2,26,29). The minimum absolute atomic E-state index is 0.248. The Balaban J connectivity index is 2.15. The number of nitrogens with two attached hydrogens (primary N) is 1. The van der Waals surface area contributed by atoms with E-state index in [2.05, 4.69) is 4.57 Å². The average Bonchev–Trinajstić information content (AvgIpc) is 3.15. The lowest BCUT2D eigenvalue weighted by molar-refractivity contribution is -0.143. The van der Waals surface area contributed by atoms with Crippen LogP contribution in [0.5, 0.6) is 5.75 Å². The first-order valence-corrected chi connectivity index (χ1v) is 10.3. The number of ether oxygens (including phenoxy) is 2. The molecule has 0 fully saturated rings. The van der Waals surface area contributed by atoms with Crippen molar-refractivity contribution in [2.24, 2.45) is 5.73 Å². The van der Waals surface area contributed by atoms with E-state index in [0.29, 0.717) is 29.4 Å². The van der Waals surface area contributed by atoms with E-state index >= 15 is 0 Å². The fourth-order valence-electron chi connectivity index (χ4n) is 3.57. The molecule has 0 aliphatic carbocycles. The van der Waals surface area contributed by atoms with Crippen LogP contribution in [-0.2, 0) is 16.0 Å². The fraction of sp³-hybridized carbons (Fsp3) is 0.250. The third-order valence-corrected chi connectivity index (χ3v) is 5.25. The van der Waals surface area contributed by atoms with E-state index in [1.807, 2.05) is 31.2 Å². The number of carbonyl (C=O) groups is 2. The molecular formula is C24H25ClN2O4. The Labute approximate surface area is 186 Å². The summed E-state index contributed by atoms with van der Waals surface area (Å²) in [4.78, 5) is 23.5. The number of rotatable bonds is 8. The van der Waals surface area contributed by atoms with Crippen LogP contribution in [-0.4, -0.2) is 30.2 Å². The molecule has 3 aromatic rings. The predicted octanol–water partition coefficient (Wildman–Crippen LogP) is 4.71. The van der Waals surface area contributed by atoms with Gasteiger partial charge in [-0.05, 0) is 74.4 Å². The second kappa shape index (κ2) is 9.71. The van der Waals surface area contributed by atoms with Crippen molar-refractivity contribution >= 4 is 23.5 Å². The number of hydrogen-bond donors (Lipinski definition) is 1. The van der Waals surface area contributed by atoms with Gasteiger partial charge in [0.25, 0.3) is 0 Å². The van der Waals surface area contributed by atoms with Crippen molar-refractivity contribution in [3.05, 3.63) is 70.4 Å². The van der Waals surface area contributed by atoms with Gasteiger partial charge in [0.05, 0.1) is 25.8 Å². The van der Waals surface area contributed by atoms with Crippen LogP contribution < -0.4 is 10.5 Å². The summed E-state index contributed by atoms with van der Waals surface area (Å²) in [7, 11) is 1.59.